The third-order valence-corrected chi connectivity index (χ3v) is 4.49. The van der Waals surface area contributed by atoms with Gasteiger partial charge in [-0.1, -0.05) is 55.7 Å². The summed E-state index contributed by atoms with van der Waals surface area (Å²) in [6, 6.07) is 12.3. The fourth-order valence-electron chi connectivity index (χ4n) is 2.81. The molecule has 0 aliphatic heterocycles. The maximum atomic E-state index is 14.6. The summed E-state index contributed by atoms with van der Waals surface area (Å²) in [5.74, 6) is -0.195. The summed E-state index contributed by atoms with van der Waals surface area (Å²) in [6.45, 7) is 5.44. The van der Waals surface area contributed by atoms with Gasteiger partial charge in [0, 0.05) is 5.56 Å². The van der Waals surface area contributed by atoms with Gasteiger partial charge in [0.1, 0.15) is 6.61 Å². The standard InChI is InChI=1S/C25H18F4O/c1-3-15-30-21-14-12-19(23(27)25(21)29)10-9-18-11-13-20(24(28)22(18)26)17-7-5-16(4-2)6-8-17/h3,5-8,11-14H,1,4,15H2,2H3. The Hall–Kier alpha value is -3.52. The minimum Gasteiger partial charge on any atom is -0.486 e. The van der Waals surface area contributed by atoms with Gasteiger partial charge in [-0.2, -0.15) is 4.39 Å². The van der Waals surface area contributed by atoms with Gasteiger partial charge in [0.05, 0.1) is 11.1 Å². The number of aryl methyl sites for hydroxylation is 1. The first-order chi connectivity index (χ1) is 14.5. The molecule has 152 valence electrons. The molecule has 0 atom stereocenters. The molecular weight excluding hydrogens is 392 g/mol. The van der Waals surface area contributed by atoms with Crippen LogP contribution in [0.4, 0.5) is 17.6 Å². The van der Waals surface area contributed by atoms with Crippen LogP contribution >= 0.6 is 0 Å². The van der Waals surface area contributed by atoms with Crippen LogP contribution in [0, 0.1) is 35.1 Å². The molecular formula is C25H18F4O. The van der Waals surface area contributed by atoms with E-state index in [9.17, 15) is 17.6 Å². The summed E-state index contributed by atoms with van der Waals surface area (Å²) in [6.07, 6.45) is 2.23. The molecule has 0 spiro atoms. The van der Waals surface area contributed by atoms with Crippen LogP contribution in [0.5, 0.6) is 5.75 Å². The van der Waals surface area contributed by atoms with E-state index in [-0.39, 0.29) is 29.0 Å². The topological polar surface area (TPSA) is 9.23 Å². The Morgan fingerprint density at radius 3 is 2.00 bits per heavy atom. The summed E-state index contributed by atoms with van der Waals surface area (Å²) in [5.41, 5.74) is 1.16. The number of rotatable bonds is 5. The molecule has 3 rings (SSSR count). The molecule has 0 amide bonds. The van der Waals surface area contributed by atoms with Gasteiger partial charge in [0.25, 0.3) is 0 Å². The minimum atomic E-state index is -1.22. The monoisotopic (exact) mass is 410 g/mol. The first-order valence-electron chi connectivity index (χ1n) is 9.27. The second kappa shape index (κ2) is 9.32. The second-order valence-electron chi connectivity index (χ2n) is 6.43. The van der Waals surface area contributed by atoms with Gasteiger partial charge < -0.3 is 4.74 Å². The van der Waals surface area contributed by atoms with Crippen molar-refractivity contribution < 1.29 is 22.3 Å². The molecule has 0 bridgehead atoms. The molecule has 0 radical (unpaired) electrons. The maximum Gasteiger partial charge on any atom is 0.201 e. The van der Waals surface area contributed by atoms with Gasteiger partial charge >= 0.3 is 0 Å². The summed E-state index contributed by atoms with van der Waals surface area (Å²) in [7, 11) is 0. The van der Waals surface area contributed by atoms with Crippen LogP contribution in [0.1, 0.15) is 23.6 Å². The van der Waals surface area contributed by atoms with Crippen molar-refractivity contribution in [2.75, 3.05) is 6.61 Å². The number of halogens is 4. The van der Waals surface area contributed by atoms with Gasteiger partial charge in [0.2, 0.25) is 5.82 Å². The molecule has 0 aliphatic rings. The van der Waals surface area contributed by atoms with Gasteiger partial charge in [-0.25, -0.2) is 13.2 Å². The van der Waals surface area contributed by atoms with Crippen LogP contribution in [-0.4, -0.2) is 6.61 Å². The van der Waals surface area contributed by atoms with Gasteiger partial charge in [-0.05, 0) is 41.8 Å². The molecule has 0 saturated carbocycles. The van der Waals surface area contributed by atoms with E-state index < -0.39 is 23.3 Å². The summed E-state index contributed by atoms with van der Waals surface area (Å²) in [4.78, 5) is 0. The van der Waals surface area contributed by atoms with Crippen LogP contribution in [0.25, 0.3) is 11.1 Å². The molecule has 30 heavy (non-hydrogen) atoms. The first-order valence-corrected chi connectivity index (χ1v) is 9.27. The van der Waals surface area contributed by atoms with E-state index in [1.165, 1.54) is 30.3 Å². The lowest BCUT2D eigenvalue weighted by molar-refractivity contribution is 0.332. The summed E-state index contributed by atoms with van der Waals surface area (Å²) in [5, 5.41) is 0. The number of benzene rings is 3. The van der Waals surface area contributed by atoms with Crippen molar-refractivity contribution in [1.29, 1.82) is 0 Å². The fourth-order valence-corrected chi connectivity index (χ4v) is 2.81. The van der Waals surface area contributed by atoms with Crippen LogP contribution in [-0.2, 0) is 6.42 Å². The van der Waals surface area contributed by atoms with Crippen molar-refractivity contribution in [3.63, 3.8) is 0 Å². The van der Waals surface area contributed by atoms with Gasteiger partial charge in [-0.3, -0.25) is 0 Å². The minimum absolute atomic E-state index is 0.0133. The normalized spacial score (nSPS) is 10.3. The van der Waals surface area contributed by atoms with Crippen molar-refractivity contribution in [2.24, 2.45) is 0 Å². The van der Waals surface area contributed by atoms with Crippen molar-refractivity contribution >= 4 is 0 Å². The van der Waals surface area contributed by atoms with Gasteiger partial charge in [0.15, 0.2) is 23.2 Å². The highest BCUT2D eigenvalue weighted by atomic mass is 19.2. The number of hydrogen-bond donors (Lipinski definition) is 0. The number of ether oxygens (including phenoxy) is 1. The second-order valence-corrected chi connectivity index (χ2v) is 6.43. The lowest BCUT2D eigenvalue weighted by Gasteiger charge is -2.07. The number of hydrogen-bond acceptors (Lipinski definition) is 1. The highest BCUT2D eigenvalue weighted by Gasteiger charge is 2.15. The van der Waals surface area contributed by atoms with Crippen LogP contribution in [0.3, 0.4) is 0 Å². The van der Waals surface area contributed by atoms with Crippen molar-refractivity contribution in [1.82, 2.24) is 0 Å². The van der Waals surface area contributed by atoms with Gasteiger partial charge in [-0.15, -0.1) is 0 Å². The highest BCUT2D eigenvalue weighted by Crippen LogP contribution is 2.27. The highest BCUT2D eigenvalue weighted by molar-refractivity contribution is 5.66. The summed E-state index contributed by atoms with van der Waals surface area (Å²) < 4.78 is 62.3. The predicted octanol–water partition coefficient (Wildman–Crippen LogP) is 6.44. The Morgan fingerprint density at radius 1 is 0.800 bits per heavy atom. The molecule has 5 heteroatoms. The van der Waals surface area contributed by atoms with Crippen LogP contribution < -0.4 is 4.74 Å². The molecule has 0 heterocycles. The molecule has 0 aromatic heterocycles. The fraction of sp³-hybridized carbons (Fsp3) is 0.120. The van der Waals surface area contributed by atoms with E-state index in [4.69, 9.17) is 4.74 Å². The zero-order valence-corrected chi connectivity index (χ0v) is 16.2. The first kappa shape index (κ1) is 21.2. The average molecular weight is 410 g/mol. The van der Waals surface area contributed by atoms with E-state index in [0.29, 0.717) is 5.56 Å². The molecule has 1 nitrogen and oxygen atoms in total. The maximum absolute atomic E-state index is 14.6. The van der Waals surface area contributed by atoms with Crippen LogP contribution in [0.2, 0.25) is 0 Å². The Morgan fingerprint density at radius 2 is 1.40 bits per heavy atom. The molecule has 0 N–H and O–H groups in total. The largest absolute Gasteiger partial charge is 0.486 e. The Bertz CT molecular complexity index is 1140. The van der Waals surface area contributed by atoms with E-state index in [2.05, 4.69) is 18.4 Å². The molecule has 0 saturated heterocycles. The van der Waals surface area contributed by atoms with Crippen molar-refractivity contribution in [3.05, 3.63) is 101 Å². The Kier molecular flexibility index (Phi) is 6.58. The van der Waals surface area contributed by atoms with Crippen molar-refractivity contribution in [3.8, 4) is 28.7 Å². The van der Waals surface area contributed by atoms with E-state index in [1.54, 1.807) is 12.1 Å². The molecule has 0 fully saturated rings. The Labute approximate surface area is 172 Å². The van der Waals surface area contributed by atoms with E-state index in [1.807, 2.05) is 19.1 Å². The molecule has 3 aromatic rings. The molecule has 3 aromatic carbocycles. The van der Waals surface area contributed by atoms with E-state index >= 15 is 0 Å². The predicted molar refractivity (Wildman–Crippen MR) is 109 cm³/mol. The van der Waals surface area contributed by atoms with Crippen molar-refractivity contribution in [2.45, 2.75) is 13.3 Å². The smallest absolute Gasteiger partial charge is 0.201 e. The lowest BCUT2D eigenvalue weighted by atomic mass is 10.0. The third kappa shape index (κ3) is 4.38. The lowest BCUT2D eigenvalue weighted by Crippen LogP contribution is -1.99. The zero-order valence-electron chi connectivity index (χ0n) is 16.2. The quantitative estimate of drug-likeness (QED) is 0.267. The van der Waals surface area contributed by atoms with E-state index in [0.717, 1.165) is 12.0 Å². The SMILES string of the molecule is C=CCOc1ccc(C#Cc2ccc(-c3ccc(CC)cc3)c(F)c2F)c(F)c1F. The van der Waals surface area contributed by atoms with Crippen LogP contribution in [0.15, 0.2) is 61.2 Å². The summed E-state index contributed by atoms with van der Waals surface area (Å²) >= 11 is 0. The molecule has 0 unspecified atom stereocenters. The third-order valence-electron chi connectivity index (χ3n) is 4.49. The molecule has 0 aliphatic carbocycles. The Balaban J connectivity index is 1.92. The average Bonchev–Trinajstić information content (AvgIpc) is 2.77. The zero-order chi connectivity index (χ0) is 21.7.